The van der Waals surface area contributed by atoms with Crippen LogP contribution in [0.3, 0.4) is 0 Å². The van der Waals surface area contributed by atoms with Crippen LogP contribution >= 0.6 is 0 Å². The molecule has 5 aromatic rings. The molecule has 1 aliphatic rings. The molecule has 0 saturated heterocycles. The van der Waals surface area contributed by atoms with Crippen molar-refractivity contribution >= 4 is 22.9 Å². The fourth-order valence-corrected chi connectivity index (χ4v) is 4.59. The molecule has 0 saturated carbocycles. The number of hydrogen-bond donors (Lipinski definition) is 1. The number of carboxylic acids is 1. The number of benzene rings is 3. The van der Waals surface area contributed by atoms with E-state index in [0.29, 0.717) is 44.9 Å². The summed E-state index contributed by atoms with van der Waals surface area (Å²) >= 11 is 0. The van der Waals surface area contributed by atoms with Gasteiger partial charge in [0.15, 0.2) is 0 Å². The molecule has 2 aromatic heterocycles. The highest BCUT2D eigenvalue weighted by Crippen LogP contribution is 2.44. The van der Waals surface area contributed by atoms with Crippen LogP contribution < -0.4 is 10.2 Å². The van der Waals surface area contributed by atoms with Gasteiger partial charge in [-0.1, -0.05) is 42.5 Å². The number of fused-ring (bicyclic) bond motifs is 3. The topological polar surface area (TPSA) is 107 Å². The first-order chi connectivity index (χ1) is 17.5. The van der Waals surface area contributed by atoms with E-state index in [9.17, 15) is 14.4 Å². The average molecular weight is 478 g/mol. The van der Waals surface area contributed by atoms with Gasteiger partial charge < -0.3 is 18.7 Å². The maximum atomic E-state index is 13.4. The first kappa shape index (κ1) is 21.6. The van der Waals surface area contributed by atoms with Gasteiger partial charge in [-0.2, -0.15) is 0 Å². The number of carboxylic acid groups (broad SMARTS) is 1. The van der Waals surface area contributed by atoms with Crippen molar-refractivity contribution in [1.29, 1.82) is 0 Å². The fourth-order valence-electron chi connectivity index (χ4n) is 4.59. The molecule has 0 fully saturated rings. The molecule has 1 N–H and O–H groups in total. The molecule has 7 heteroatoms. The standard InChI is InChI=1S/C29H18O7/c30-25-14-20(23-13-12-22(35-23)17-6-8-18(9-7-17)29(32)33)26-24(36-25)11-10-19-27(31)21(15-34-28(19)26)16-4-2-1-3-5-16/h1-13,15,20H,14H2,(H,32,33). The molecule has 0 aliphatic carbocycles. The summed E-state index contributed by atoms with van der Waals surface area (Å²) in [6.45, 7) is 0. The molecule has 1 atom stereocenters. The monoisotopic (exact) mass is 478 g/mol. The van der Waals surface area contributed by atoms with E-state index >= 15 is 0 Å². The van der Waals surface area contributed by atoms with Gasteiger partial charge in [-0.25, -0.2) is 4.79 Å². The minimum Gasteiger partial charge on any atom is -0.478 e. The van der Waals surface area contributed by atoms with E-state index in [1.54, 1.807) is 36.4 Å². The molecule has 3 aromatic carbocycles. The number of ether oxygens (including phenoxy) is 1. The number of hydrogen-bond acceptors (Lipinski definition) is 6. The molecule has 0 bridgehead atoms. The Bertz CT molecular complexity index is 1690. The lowest BCUT2D eigenvalue weighted by Gasteiger charge is -2.23. The van der Waals surface area contributed by atoms with Gasteiger partial charge in [0.2, 0.25) is 5.43 Å². The van der Waals surface area contributed by atoms with E-state index in [2.05, 4.69) is 0 Å². The van der Waals surface area contributed by atoms with Gasteiger partial charge in [0.1, 0.15) is 29.1 Å². The summed E-state index contributed by atoms with van der Waals surface area (Å²) in [5.41, 5.74) is 2.80. The average Bonchev–Trinajstić information content (AvgIpc) is 3.39. The van der Waals surface area contributed by atoms with Crippen LogP contribution in [0.5, 0.6) is 5.75 Å². The molecule has 0 spiro atoms. The zero-order valence-electron chi connectivity index (χ0n) is 18.8. The summed E-state index contributed by atoms with van der Waals surface area (Å²) in [5.74, 6) is -0.601. The van der Waals surface area contributed by atoms with E-state index in [-0.39, 0.29) is 17.4 Å². The largest absolute Gasteiger partial charge is 0.478 e. The Morgan fingerprint density at radius 3 is 2.39 bits per heavy atom. The van der Waals surface area contributed by atoms with Gasteiger partial charge in [0, 0.05) is 11.1 Å². The highest BCUT2D eigenvalue weighted by atomic mass is 16.5. The molecule has 6 rings (SSSR count). The van der Waals surface area contributed by atoms with Gasteiger partial charge >= 0.3 is 11.9 Å². The van der Waals surface area contributed by atoms with Crippen molar-refractivity contribution in [2.45, 2.75) is 12.3 Å². The first-order valence-corrected chi connectivity index (χ1v) is 11.3. The van der Waals surface area contributed by atoms with E-state index in [1.807, 2.05) is 30.3 Å². The minimum atomic E-state index is -1.01. The lowest BCUT2D eigenvalue weighted by atomic mass is 9.88. The second kappa shape index (κ2) is 8.39. The summed E-state index contributed by atoms with van der Waals surface area (Å²) in [6.07, 6.45) is 1.45. The second-order valence-electron chi connectivity index (χ2n) is 8.51. The second-order valence-corrected chi connectivity index (χ2v) is 8.51. The smallest absolute Gasteiger partial charge is 0.335 e. The van der Waals surface area contributed by atoms with Crippen molar-refractivity contribution < 1.29 is 28.3 Å². The maximum Gasteiger partial charge on any atom is 0.335 e. The Balaban J connectivity index is 1.46. The van der Waals surface area contributed by atoms with Gasteiger partial charge in [0.25, 0.3) is 0 Å². The van der Waals surface area contributed by atoms with E-state index in [0.717, 1.165) is 5.56 Å². The van der Waals surface area contributed by atoms with Gasteiger partial charge in [0.05, 0.1) is 28.9 Å². The van der Waals surface area contributed by atoms with Crippen LogP contribution in [0.1, 0.15) is 34.0 Å². The van der Waals surface area contributed by atoms with Crippen molar-refractivity contribution in [3.63, 3.8) is 0 Å². The van der Waals surface area contributed by atoms with Crippen molar-refractivity contribution in [2.24, 2.45) is 0 Å². The third-order valence-electron chi connectivity index (χ3n) is 6.35. The maximum absolute atomic E-state index is 13.4. The predicted molar refractivity (Wildman–Crippen MR) is 131 cm³/mol. The molecule has 176 valence electrons. The van der Waals surface area contributed by atoms with E-state index in [1.165, 1.54) is 18.4 Å². The van der Waals surface area contributed by atoms with Gasteiger partial charge in [-0.15, -0.1) is 0 Å². The molecule has 1 unspecified atom stereocenters. The summed E-state index contributed by atoms with van der Waals surface area (Å²) in [6, 6.07) is 22.3. The van der Waals surface area contributed by atoms with Crippen molar-refractivity contribution in [1.82, 2.24) is 0 Å². The van der Waals surface area contributed by atoms with Crippen LogP contribution in [0.2, 0.25) is 0 Å². The first-order valence-electron chi connectivity index (χ1n) is 11.3. The zero-order valence-corrected chi connectivity index (χ0v) is 18.8. The third kappa shape index (κ3) is 3.58. The molecule has 0 amide bonds. The molecular weight excluding hydrogens is 460 g/mol. The Kier molecular flexibility index (Phi) is 5.04. The number of rotatable bonds is 4. The van der Waals surface area contributed by atoms with Crippen LogP contribution in [0.4, 0.5) is 0 Å². The molecule has 0 radical (unpaired) electrons. The normalized spacial score (nSPS) is 14.9. The lowest BCUT2D eigenvalue weighted by molar-refractivity contribution is -0.135. The van der Waals surface area contributed by atoms with E-state index in [4.69, 9.17) is 18.7 Å². The van der Waals surface area contributed by atoms with Crippen molar-refractivity contribution in [2.75, 3.05) is 0 Å². The molecule has 1 aliphatic heterocycles. The Morgan fingerprint density at radius 2 is 1.64 bits per heavy atom. The van der Waals surface area contributed by atoms with E-state index < -0.39 is 17.9 Å². The predicted octanol–water partition coefficient (Wildman–Crippen LogP) is 5.86. The minimum absolute atomic E-state index is 0.0150. The number of carbonyl (C=O) groups is 2. The van der Waals surface area contributed by atoms with Gasteiger partial charge in [-0.3, -0.25) is 9.59 Å². The molecule has 3 heterocycles. The van der Waals surface area contributed by atoms with Crippen molar-refractivity contribution in [3.8, 4) is 28.2 Å². The highest BCUT2D eigenvalue weighted by Gasteiger charge is 2.34. The quantitative estimate of drug-likeness (QED) is 0.255. The van der Waals surface area contributed by atoms with Crippen LogP contribution in [0.15, 0.2) is 98.8 Å². The Hall–Kier alpha value is -4.91. The molecule has 7 nitrogen and oxygen atoms in total. The summed E-state index contributed by atoms with van der Waals surface area (Å²) < 4.78 is 17.6. The van der Waals surface area contributed by atoms with Crippen LogP contribution in [0, 0.1) is 0 Å². The summed E-state index contributed by atoms with van der Waals surface area (Å²) in [4.78, 5) is 36.9. The zero-order chi connectivity index (χ0) is 24.8. The number of esters is 1. The number of carbonyl (C=O) groups excluding carboxylic acids is 1. The molecular formula is C29H18O7. The summed E-state index contributed by atoms with van der Waals surface area (Å²) in [5, 5.41) is 9.51. The van der Waals surface area contributed by atoms with Crippen LogP contribution in [0.25, 0.3) is 33.4 Å². The highest BCUT2D eigenvalue weighted by molar-refractivity contribution is 5.90. The Labute approximate surface area is 204 Å². The summed E-state index contributed by atoms with van der Waals surface area (Å²) in [7, 11) is 0. The fraction of sp³-hybridized carbons (Fsp3) is 0.0690. The number of furan rings is 1. The Morgan fingerprint density at radius 1 is 0.861 bits per heavy atom. The van der Waals surface area contributed by atoms with Gasteiger partial charge in [-0.05, 0) is 42.0 Å². The van der Waals surface area contributed by atoms with Crippen LogP contribution in [-0.2, 0) is 4.79 Å². The SMILES string of the molecule is O=C1CC(c2ccc(-c3ccc(C(=O)O)cc3)o2)c2c(ccc3c(=O)c(-c4ccccc4)coc23)O1. The van der Waals surface area contributed by atoms with Crippen LogP contribution in [-0.4, -0.2) is 17.0 Å². The lowest BCUT2D eigenvalue weighted by Crippen LogP contribution is -2.21. The van der Waals surface area contributed by atoms with Crippen molar-refractivity contribution in [3.05, 3.63) is 112 Å². The molecule has 36 heavy (non-hydrogen) atoms. The third-order valence-corrected chi connectivity index (χ3v) is 6.35. The number of aromatic carboxylic acids is 1.